The lowest BCUT2D eigenvalue weighted by molar-refractivity contribution is 0.0939. The van der Waals surface area contributed by atoms with Crippen molar-refractivity contribution in [3.05, 3.63) is 40.1 Å². The van der Waals surface area contributed by atoms with Gasteiger partial charge in [-0.15, -0.1) is 0 Å². The van der Waals surface area contributed by atoms with Gasteiger partial charge in [-0.25, -0.2) is 0 Å². The second kappa shape index (κ2) is 7.31. The fourth-order valence-corrected chi connectivity index (χ4v) is 2.56. The smallest absolute Gasteiger partial charge is 0.270 e. The van der Waals surface area contributed by atoms with Gasteiger partial charge in [0.15, 0.2) is 11.5 Å². The van der Waals surface area contributed by atoms with Crippen molar-refractivity contribution in [2.75, 3.05) is 14.2 Å². The van der Waals surface area contributed by atoms with Crippen LogP contribution in [0.5, 0.6) is 11.5 Å². The fraction of sp³-hybridized carbons (Fsp3) is 0.333. The van der Waals surface area contributed by atoms with Crippen LogP contribution in [0.15, 0.2) is 28.9 Å². The van der Waals surface area contributed by atoms with Gasteiger partial charge in [0.2, 0.25) is 0 Å². The van der Waals surface area contributed by atoms with E-state index < -0.39 is 0 Å². The van der Waals surface area contributed by atoms with Crippen LogP contribution in [0.4, 0.5) is 0 Å². The summed E-state index contributed by atoms with van der Waals surface area (Å²) in [5.74, 6) is 1.11. The predicted molar refractivity (Wildman–Crippen MR) is 86.3 cm³/mol. The number of carbonyl (C=O) groups excluding carboxylic acids is 1. The number of ether oxygens (including phenoxy) is 2. The minimum Gasteiger partial charge on any atom is -0.493 e. The Bertz CT molecular complexity index is 670. The van der Waals surface area contributed by atoms with Crippen LogP contribution in [0.3, 0.4) is 0 Å². The summed E-state index contributed by atoms with van der Waals surface area (Å²) in [7, 11) is 3.17. The Kier molecular flexibility index (Phi) is 5.43. The fourth-order valence-electron chi connectivity index (χ4n) is 2.08. The molecule has 1 N–H and O–H groups in total. The molecule has 0 bridgehead atoms. The molecule has 2 aromatic rings. The van der Waals surface area contributed by atoms with Gasteiger partial charge in [0, 0.05) is 13.1 Å². The van der Waals surface area contributed by atoms with Crippen molar-refractivity contribution < 1.29 is 14.3 Å². The molecular weight excluding hydrogens is 350 g/mol. The van der Waals surface area contributed by atoms with E-state index >= 15 is 0 Å². The SMILES string of the molecule is CCn1ncc(Br)c1C(=O)NCc1ccc(OC)c(OC)c1. The summed E-state index contributed by atoms with van der Waals surface area (Å²) < 4.78 is 12.8. The third kappa shape index (κ3) is 3.41. The molecule has 0 saturated carbocycles. The third-order valence-electron chi connectivity index (χ3n) is 3.21. The molecule has 1 aromatic carbocycles. The van der Waals surface area contributed by atoms with E-state index in [1.807, 2.05) is 25.1 Å². The molecule has 0 spiro atoms. The van der Waals surface area contributed by atoms with Crippen molar-refractivity contribution in [3.8, 4) is 11.5 Å². The van der Waals surface area contributed by atoms with Crippen LogP contribution in [-0.2, 0) is 13.1 Å². The quantitative estimate of drug-likeness (QED) is 0.851. The largest absolute Gasteiger partial charge is 0.493 e. The number of aryl methyl sites for hydroxylation is 1. The van der Waals surface area contributed by atoms with Crippen molar-refractivity contribution in [3.63, 3.8) is 0 Å². The Morgan fingerprint density at radius 2 is 2.05 bits per heavy atom. The Hall–Kier alpha value is -2.02. The Labute approximate surface area is 137 Å². The molecule has 1 heterocycles. The van der Waals surface area contributed by atoms with Crippen molar-refractivity contribution in [1.82, 2.24) is 15.1 Å². The molecule has 118 valence electrons. The maximum absolute atomic E-state index is 12.3. The summed E-state index contributed by atoms with van der Waals surface area (Å²) in [6, 6.07) is 5.53. The minimum atomic E-state index is -0.180. The second-order valence-corrected chi connectivity index (χ2v) is 5.38. The van der Waals surface area contributed by atoms with Gasteiger partial charge < -0.3 is 14.8 Å². The van der Waals surface area contributed by atoms with Crippen LogP contribution in [-0.4, -0.2) is 29.9 Å². The van der Waals surface area contributed by atoms with Crippen LogP contribution in [0.25, 0.3) is 0 Å². The van der Waals surface area contributed by atoms with Gasteiger partial charge >= 0.3 is 0 Å². The first kappa shape index (κ1) is 16.4. The molecule has 1 amide bonds. The summed E-state index contributed by atoms with van der Waals surface area (Å²) in [5, 5.41) is 7.01. The van der Waals surface area contributed by atoms with E-state index in [0.717, 1.165) is 5.56 Å². The van der Waals surface area contributed by atoms with Gasteiger partial charge in [-0.2, -0.15) is 5.10 Å². The highest BCUT2D eigenvalue weighted by atomic mass is 79.9. The van der Waals surface area contributed by atoms with E-state index in [0.29, 0.717) is 34.8 Å². The topological polar surface area (TPSA) is 65.4 Å². The number of halogens is 1. The lowest BCUT2D eigenvalue weighted by atomic mass is 10.2. The van der Waals surface area contributed by atoms with Crippen molar-refractivity contribution >= 4 is 21.8 Å². The number of amides is 1. The van der Waals surface area contributed by atoms with Crippen molar-refractivity contribution in [2.24, 2.45) is 0 Å². The molecule has 7 heteroatoms. The van der Waals surface area contributed by atoms with Crippen molar-refractivity contribution in [2.45, 2.75) is 20.0 Å². The molecule has 0 saturated heterocycles. The standard InChI is InChI=1S/C15H18BrN3O3/c1-4-19-14(11(16)9-18-19)15(20)17-8-10-5-6-12(21-2)13(7-10)22-3/h5-7,9H,4,8H2,1-3H3,(H,17,20). The Morgan fingerprint density at radius 1 is 1.32 bits per heavy atom. The lowest BCUT2D eigenvalue weighted by Crippen LogP contribution is -2.26. The molecule has 6 nitrogen and oxygen atoms in total. The maximum Gasteiger partial charge on any atom is 0.270 e. The van der Waals surface area contributed by atoms with Crippen LogP contribution in [0.2, 0.25) is 0 Å². The van der Waals surface area contributed by atoms with Crippen LogP contribution in [0, 0.1) is 0 Å². The summed E-state index contributed by atoms with van der Waals surface area (Å²) >= 11 is 3.35. The summed E-state index contributed by atoms with van der Waals surface area (Å²) in [5.41, 5.74) is 1.44. The van der Waals surface area contributed by atoms with Gasteiger partial charge in [0.1, 0.15) is 5.69 Å². The molecule has 0 fully saturated rings. The third-order valence-corrected chi connectivity index (χ3v) is 3.79. The minimum absolute atomic E-state index is 0.180. The summed E-state index contributed by atoms with van der Waals surface area (Å²) in [4.78, 5) is 12.3. The van der Waals surface area contributed by atoms with Gasteiger partial charge in [-0.3, -0.25) is 9.48 Å². The zero-order valence-corrected chi connectivity index (χ0v) is 14.3. The lowest BCUT2D eigenvalue weighted by Gasteiger charge is -2.11. The highest BCUT2D eigenvalue weighted by Gasteiger charge is 2.16. The maximum atomic E-state index is 12.3. The monoisotopic (exact) mass is 367 g/mol. The van der Waals surface area contributed by atoms with E-state index in [1.54, 1.807) is 25.1 Å². The second-order valence-electron chi connectivity index (χ2n) is 4.53. The molecule has 1 aromatic heterocycles. The average molecular weight is 368 g/mol. The molecular formula is C15H18BrN3O3. The van der Waals surface area contributed by atoms with E-state index in [4.69, 9.17) is 9.47 Å². The van der Waals surface area contributed by atoms with Gasteiger partial charge in [0.25, 0.3) is 5.91 Å². The van der Waals surface area contributed by atoms with Crippen LogP contribution >= 0.6 is 15.9 Å². The van der Waals surface area contributed by atoms with E-state index in [2.05, 4.69) is 26.3 Å². The molecule has 0 aliphatic heterocycles. The van der Waals surface area contributed by atoms with E-state index in [-0.39, 0.29) is 5.91 Å². The van der Waals surface area contributed by atoms with Gasteiger partial charge in [-0.05, 0) is 40.5 Å². The number of benzene rings is 1. The molecule has 22 heavy (non-hydrogen) atoms. The van der Waals surface area contributed by atoms with Gasteiger partial charge in [-0.1, -0.05) is 6.07 Å². The number of carbonyl (C=O) groups is 1. The number of nitrogens with zero attached hydrogens (tertiary/aromatic N) is 2. The Balaban J connectivity index is 2.09. The first-order valence-electron chi connectivity index (χ1n) is 6.81. The number of nitrogens with one attached hydrogen (secondary N) is 1. The first-order valence-corrected chi connectivity index (χ1v) is 7.60. The molecule has 2 rings (SSSR count). The number of methoxy groups -OCH3 is 2. The molecule has 0 atom stereocenters. The first-order chi connectivity index (χ1) is 10.6. The van der Waals surface area contributed by atoms with E-state index in [1.165, 1.54) is 0 Å². The zero-order valence-electron chi connectivity index (χ0n) is 12.7. The number of rotatable bonds is 6. The Morgan fingerprint density at radius 3 is 2.68 bits per heavy atom. The van der Waals surface area contributed by atoms with Crippen molar-refractivity contribution in [1.29, 1.82) is 0 Å². The number of hydrogen-bond donors (Lipinski definition) is 1. The van der Waals surface area contributed by atoms with Gasteiger partial charge in [0.05, 0.1) is 24.9 Å². The van der Waals surface area contributed by atoms with Crippen LogP contribution < -0.4 is 14.8 Å². The number of hydrogen-bond acceptors (Lipinski definition) is 4. The average Bonchev–Trinajstić information content (AvgIpc) is 2.93. The molecule has 0 aliphatic carbocycles. The normalized spacial score (nSPS) is 10.4. The zero-order chi connectivity index (χ0) is 16.1. The number of aromatic nitrogens is 2. The molecule has 0 aliphatic rings. The highest BCUT2D eigenvalue weighted by Crippen LogP contribution is 2.27. The van der Waals surface area contributed by atoms with E-state index in [9.17, 15) is 4.79 Å². The summed E-state index contributed by atoms with van der Waals surface area (Å²) in [6.45, 7) is 2.95. The molecule has 0 unspecified atom stereocenters. The highest BCUT2D eigenvalue weighted by molar-refractivity contribution is 9.10. The van der Waals surface area contributed by atoms with Crippen LogP contribution in [0.1, 0.15) is 23.0 Å². The molecule has 0 radical (unpaired) electrons. The predicted octanol–water partition coefficient (Wildman–Crippen LogP) is 2.61. The summed E-state index contributed by atoms with van der Waals surface area (Å²) in [6.07, 6.45) is 1.62.